The van der Waals surface area contributed by atoms with Crippen LogP contribution in [0.3, 0.4) is 0 Å². The average molecular weight is 211 g/mol. The van der Waals surface area contributed by atoms with E-state index in [0.717, 1.165) is 6.42 Å². The van der Waals surface area contributed by atoms with Crippen LogP contribution in [0, 0.1) is 11.3 Å². The molecule has 0 rings (SSSR count). The van der Waals surface area contributed by atoms with Gasteiger partial charge in [-0.3, -0.25) is 4.79 Å². The van der Waals surface area contributed by atoms with E-state index in [9.17, 15) is 9.59 Å². The number of Topliss-reactive ketones (excluding diaryl/α,β-unsaturated/α-hetero) is 1. The van der Waals surface area contributed by atoms with Gasteiger partial charge in [0.2, 0.25) is 0 Å². The number of aliphatic hydroxyl groups is 1. The van der Waals surface area contributed by atoms with Crippen molar-refractivity contribution >= 4 is 11.8 Å². The Kier molecular flexibility index (Phi) is 5.99. The molecule has 0 spiro atoms. The minimum absolute atomic E-state index is 0.0886. The zero-order valence-electron chi connectivity index (χ0n) is 8.49. The summed E-state index contributed by atoms with van der Waals surface area (Å²) in [6.07, 6.45) is 1.60. The highest BCUT2D eigenvalue weighted by Gasteiger charge is 2.19. The van der Waals surface area contributed by atoms with Crippen LogP contribution in [0.25, 0.3) is 0 Å². The van der Waals surface area contributed by atoms with E-state index < -0.39 is 23.9 Å². The molecule has 0 aliphatic heterocycles. The summed E-state index contributed by atoms with van der Waals surface area (Å²) in [6, 6.07) is 1.47. The van der Waals surface area contributed by atoms with E-state index in [1.54, 1.807) is 0 Å². The number of carbonyl (C=O) groups is 2. The number of carboxylic acids is 1. The summed E-state index contributed by atoms with van der Waals surface area (Å²) in [5.74, 6) is -2.12. The van der Waals surface area contributed by atoms with Crippen LogP contribution in [-0.4, -0.2) is 28.6 Å². The van der Waals surface area contributed by atoms with Crippen LogP contribution in [-0.2, 0) is 9.59 Å². The first-order chi connectivity index (χ1) is 7.08. The molecule has 0 bridgehead atoms. The van der Waals surface area contributed by atoms with Gasteiger partial charge in [0.15, 0.2) is 5.78 Å². The minimum atomic E-state index is -1.43. The first kappa shape index (κ1) is 13.3. The molecule has 0 aromatic heterocycles. The topological polar surface area (TPSA) is 98.4 Å². The van der Waals surface area contributed by atoms with Gasteiger partial charge in [0.25, 0.3) is 0 Å². The Bertz CT molecular complexity index is 325. The zero-order chi connectivity index (χ0) is 11.8. The number of hydrogen-bond acceptors (Lipinski definition) is 4. The smallest absolute Gasteiger partial charge is 0.346 e. The van der Waals surface area contributed by atoms with Gasteiger partial charge >= 0.3 is 5.97 Å². The summed E-state index contributed by atoms with van der Waals surface area (Å²) in [5, 5.41) is 25.9. The lowest BCUT2D eigenvalue weighted by Crippen LogP contribution is -2.14. The number of ketones is 1. The molecule has 0 fully saturated rings. The number of rotatable bonds is 6. The van der Waals surface area contributed by atoms with Crippen LogP contribution in [0.4, 0.5) is 0 Å². The molecule has 0 heterocycles. The van der Waals surface area contributed by atoms with Crippen LogP contribution < -0.4 is 0 Å². The third-order valence-corrected chi connectivity index (χ3v) is 1.89. The molecule has 0 amide bonds. The lowest BCUT2D eigenvalue weighted by Gasteiger charge is -2.04. The number of nitrogens with zero attached hydrogens (tertiary/aromatic N) is 1. The van der Waals surface area contributed by atoms with Gasteiger partial charge in [-0.15, -0.1) is 0 Å². The zero-order valence-corrected chi connectivity index (χ0v) is 8.49. The number of hydrogen-bond donors (Lipinski definition) is 2. The third kappa shape index (κ3) is 3.92. The Labute approximate surface area is 87.6 Å². The first-order valence-corrected chi connectivity index (χ1v) is 4.59. The molecule has 0 aromatic rings. The minimum Gasteiger partial charge on any atom is -0.477 e. The molecule has 2 N–H and O–H groups in total. The molecule has 0 aromatic carbocycles. The van der Waals surface area contributed by atoms with Crippen molar-refractivity contribution in [1.82, 2.24) is 0 Å². The SMILES string of the molecule is CCCCC(C(=O)CO)=C(C#N)C(=O)O. The number of unbranched alkanes of at least 4 members (excludes halogenated alkanes) is 1. The maximum atomic E-state index is 11.2. The van der Waals surface area contributed by atoms with Crippen molar-refractivity contribution in [1.29, 1.82) is 5.26 Å². The molecule has 0 aliphatic rings. The largest absolute Gasteiger partial charge is 0.477 e. The second kappa shape index (κ2) is 6.74. The van der Waals surface area contributed by atoms with E-state index in [0.29, 0.717) is 6.42 Å². The molecule has 82 valence electrons. The Balaban J connectivity index is 5.13. The number of nitriles is 1. The standard InChI is InChI=1S/C10H13NO4/c1-2-3-4-7(9(13)6-12)8(5-11)10(14)15/h12H,2-4,6H2,1H3,(H,14,15). The van der Waals surface area contributed by atoms with Crippen LogP contribution in [0.15, 0.2) is 11.1 Å². The van der Waals surface area contributed by atoms with Crippen molar-refractivity contribution in [2.24, 2.45) is 0 Å². The van der Waals surface area contributed by atoms with Crippen LogP contribution in [0.1, 0.15) is 26.2 Å². The van der Waals surface area contributed by atoms with E-state index in [1.165, 1.54) is 6.07 Å². The Morgan fingerprint density at radius 3 is 2.33 bits per heavy atom. The molecule has 5 nitrogen and oxygen atoms in total. The van der Waals surface area contributed by atoms with Crippen LogP contribution in [0.2, 0.25) is 0 Å². The predicted molar refractivity (Wildman–Crippen MR) is 51.9 cm³/mol. The van der Waals surface area contributed by atoms with E-state index in [1.807, 2.05) is 6.92 Å². The second-order valence-electron chi connectivity index (χ2n) is 2.96. The van der Waals surface area contributed by atoms with E-state index >= 15 is 0 Å². The van der Waals surface area contributed by atoms with Gasteiger partial charge in [0.05, 0.1) is 0 Å². The van der Waals surface area contributed by atoms with Gasteiger partial charge in [-0.05, 0) is 12.8 Å². The lowest BCUT2D eigenvalue weighted by molar-refractivity contribution is -0.132. The molecule has 0 atom stereocenters. The fourth-order valence-electron chi connectivity index (χ4n) is 1.10. The Morgan fingerprint density at radius 2 is 2.00 bits per heavy atom. The molecule has 15 heavy (non-hydrogen) atoms. The summed E-state index contributed by atoms with van der Waals surface area (Å²) >= 11 is 0. The van der Waals surface area contributed by atoms with Crippen molar-refractivity contribution in [3.8, 4) is 6.07 Å². The first-order valence-electron chi connectivity index (χ1n) is 4.59. The number of carbonyl (C=O) groups excluding carboxylic acids is 1. The predicted octanol–water partition coefficient (Wildman–Crippen LogP) is 0.643. The van der Waals surface area contributed by atoms with Crippen molar-refractivity contribution in [3.63, 3.8) is 0 Å². The maximum Gasteiger partial charge on any atom is 0.346 e. The van der Waals surface area contributed by atoms with Gasteiger partial charge in [0.1, 0.15) is 18.2 Å². The van der Waals surface area contributed by atoms with Crippen molar-refractivity contribution in [2.75, 3.05) is 6.61 Å². The highest BCUT2D eigenvalue weighted by Crippen LogP contribution is 2.14. The molecule has 0 saturated carbocycles. The van der Waals surface area contributed by atoms with Crippen molar-refractivity contribution < 1.29 is 19.8 Å². The molecule has 0 aliphatic carbocycles. The summed E-state index contributed by atoms with van der Waals surface area (Å²) in [5.41, 5.74) is -0.656. The molecular weight excluding hydrogens is 198 g/mol. The molecule has 0 unspecified atom stereocenters. The molecular formula is C10H13NO4. The van der Waals surface area contributed by atoms with Gasteiger partial charge in [-0.1, -0.05) is 13.3 Å². The molecule has 0 saturated heterocycles. The Hall–Kier alpha value is -1.67. The fourth-order valence-corrected chi connectivity index (χ4v) is 1.10. The normalized spacial score (nSPS) is 11.5. The Morgan fingerprint density at radius 1 is 1.40 bits per heavy atom. The number of aliphatic hydroxyl groups excluding tert-OH is 1. The fraction of sp³-hybridized carbons (Fsp3) is 0.500. The van der Waals surface area contributed by atoms with Crippen LogP contribution in [0.5, 0.6) is 0 Å². The highest BCUT2D eigenvalue weighted by molar-refractivity contribution is 6.05. The van der Waals surface area contributed by atoms with Gasteiger partial charge in [-0.25, -0.2) is 4.79 Å². The maximum absolute atomic E-state index is 11.2. The van der Waals surface area contributed by atoms with E-state index in [2.05, 4.69) is 0 Å². The lowest BCUT2D eigenvalue weighted by atomic mass is 9.99. The quantitative estimate of drug-likeness (QED) is 0.496. The second-order valence-corrected chi connectivity index (χ2v) is 2.96. The van der Waals surface area contributed by atoms with E-state index in [-0.39, 0.29) is 12.0 Å². The van der Waals surface area contributed by atoms with Crippen LogP contribution >= 0.6 is 0 Å². The monoisotopic (exact) mass is 211 g/mol. The summed E-state index contributed by atoms with van der Waals surface area (Å²) in [4.78, 5) is 21.8. The molecule has 5 heteroatoms. The number of aliphatic carboxylic acids is 1. The molecule has 0 radical (unpaired) electrons. The summed E-state index contributed by atoms with van der Waals surface area (Å²) in [7, 11) is 0. The van der Waals surface area contributed by atoms with Crippen molar-refractivity contribution in [2.45, 2.75) is 26.2 Å². The summed E-state index contributed by atoms with van der Waals surface area (Å²) < 4.78 is 0. The highest BCUT2D eigenvalue weighted by atomic mass is 16.4. The van der Waals surface area contributed by atoms with Crippen molar-refractivity contribution in [3.05, 3.63) is 11.1 Å². The number of carboxylic acid groups (broad SMARTS) is 1. The average Bonchev–Trinajstić information content (AvgIpc) is 2.22. The van der Waals surface area contributed by atoms with Gasteiger partial charge in [-0.2, -0.15) is 5.26 Å². The van der Waals surface area contributed by atoms with Gasteiger partial charge < -0.3 is 10.2 Å². The van der Waals surface area contributed by atoms with Gasteiger partial charge in [0, 0.05) is 5.57 Å². The van der Waals surface area contributed by atoms with E-state index in [4.69, 9.17) is 15.5 Å². The third-order valence-electron chi connectivity index (χ3n) is 1.89. The summed E-state index contributed by atoms with van der Waals surface area (Å²) in [6.45, 7) is 1.12.